The number of carbonyl (C=O) groups is 1. The molecule has 0 spiro atoms. The van der Waals surface area contributed by atoms with E-state index < -0.39 is 16.0 Å². The zero-order valence-corrected chi connectivity index (χ0v) is 10.8. The van der Waals surface area contributed by atoms with Crippen LogP contribution in [0.25, 0.3) is 0 Å². The lowest BCUT2D eigenvalue weighted by atomic mass is 10.5. The van der Waals surface area contributed by atoms with Gasteiger partial charge >= 0.3 is 5.97 Å². The van der Waals surface area contributed by atoms with Crippen LogP contribution in [-0.4, -0.2) is 38.5 Å². The third-order valence-corrected chi connectivity index (χ3v) is 4.13. The molecule has 6 nitrogen and oxygen atoms in total. The van der Waals surface area contributed by atoms with Crippen molar-refractivity contribution in [1.82, 2.24) is 0 Å². The lowest BCUT2D eigenvalue weighted by Gasteiger charge is -2.05. The summed E-state index contributed by atoms with van der Waals surface area (Å²) in [4.78, 5) is 10.7. The summed E-state index contributed by atoms with van der Waals surface area (Å²) in [5.41, 5.74) is 0. The molecular formula is C9H13NO5S2. The Morgan fingerprint density at radius 1 is 1.53 bits per heavy atom. The first-order valence-electron chi connectivity index (χ1n) is 4.86. The summed E-state index contributed by atoms with van der Waals surface area (Å²) in [5, 5.41) is 8.97. The molecular weight excluding hydrogens is 266 g/mol. The SMILES string of the molecule is CCOCCS(=O)(=O)Nc1ccc(C(=O)O)s1. The van der Waals surface area contributed by atoms with E-state index >= 15 is 0 Å². The smallest absolute Gasteiger partial charge is 0.345 e. The number of hydrogen-bond donors (Lipinski definition) is 2. The van der Waals surface area contributed by atoms with Crippen molar-refractivity contribution in [3.05, 3.63) is 17.0 Å². The van der Waals surface area contributed by atoms with Crippen molar-refractivity contribution < 1.29 is 23.1 Å². The monoisotopic (exact) mass is 279 g/mol. The maximum Gasteiger partial charge on any atom is 0.345 e. The molecule has 17 heavy (non-hydrogen) atoms. The molecule has 1 heterocycles. The molecule has 1 rings (SSSR count). The molecule has 0 saturated heterocycles. The third kappa shape index (κ3) is 4.72. The number of aromatic carboxylic acids is 1. The molecule has 0 aliphatic carbocycles. The average Bonchev–Trinajstić information content (AvgIpc) is 2.65. The van der Waals surface area contributed by atoms with E-state index in [9.17, 15) is 13.2 Å². The van der Waals surface area contributed by atoms with Gasteiger partial charge in [0.2, 0.25) is 10.0 Å². The average molecular weight is 279 g/mol. The van der Waals surface area contributed by atoms with Crippen LogP contribution in [0.15, 0.2) is 12.1 Å². The van der Waals surface area contributed by atoms with Gasteiger partial charge in [-0.15, -0.1) is 11.3 Å². The van der Waals surface area contributed by atoms with Crippen LogP contribution in [-0.2, 0) is 14.8 Å². The summed E-state index contributed by atoms with van der Waals surface area (Å²) in [6.45, 7) is 2.35. The van der Waals surface area contributed by atoms with Gasteiger partial charge in [0.05, 0.1) is 12.4 Å². The van der Waals surface area contributed by atoms with Gasteiger partial charge in [0.25, 0.3) is 0 Å². The normalized spacial score (nSPS) is 11.4. The Morgan fingerprint density at radius 3 is 2.76 bits per heavy atom. The first-order chi connectivity index (χ1) is 7.94. The first kappa shape index (κ1) is 13.9. The number of anilines is 1. The number of ether oxygens (including phenoxy) is 1. The molecule has 1 aromatic rings. The molecule has 8 heteroatoms. The first-order valence-corrected chi connectivity index (χ1v) is 7.33. The summed E-state index contributed by atoms with van der Waals surface area (Å²) in [6, 6.07) is 2.78. The molecule has 96 valence electrons. The summed E-state index contributed by atoms with van der Waals surface area (Å²) < 4.78 is 30.3. The molecule has 0 amide bonds. The molecule has 2 N–H and O–H groups in total. The lowest BCUT2D eigenvalue weighted by molar-refractivity contribution is 0.0702. The summed E-state index contributed by atoms with van der Waals surface area (Å²) >= 11 is 0.876. The zero-order valence-electron chi connectivity index (χ0n) is 9.17. The molecule has 0 saturated carbocycles. The highest BCUT2D eigenvalue weighted by molar-refractivity contribution is 7.92. The van der Waals surface area contributed by atoms with E-state index in [2.05, 4.69) is 4.72 Å². The molecule has 0 aliphatic heterocycles. The highest BCUT2D eigenvalue weighted by atomic mass is 32.2. The minimum absolute atomic E-state index is 0.0903. The van der Waals surface area contributed by atoms with Crippen LogP contribution in [0.5, 0.6) is 0 Å². The van der Waals surface area contributed by atoms with E-state index in [0.717, 1.165) is 11.3 Å². The topological polar surface area (TPSA) is 92.7 Å². The second-order valence-corrected chi connectivity index (χ2v) is 6.01. The maximum atomic E-state index is 11.5. The minimum Gasteiger partial charge on any atom is -0.477 e. The van der Waals surface area contributed by atoms with Crippen LogP contribution in [0.2, 0.25) is 0 Å². The van der Waals surface area contributed by atoms with E-state index in [-0.39, 0.29) is 17.2 Å². The Labute approximate surface area is 103 Å². The van der Waals surface area contributed by atoms with Gasteiger partial charge in [0, 0.05) is 6.61 Å². The molecule has 0 fully saturated rings. The Morgan fingerprint density at radius 2 is 2.24 bits per heavy atom. The van der Waals surface area contributed by atoms with Gasteiger partial charge in [0.1, 0.15) is 9.88 Å². The van der Waals surface area contributed by atoms with Gasteiger partial charge in [-0.05, 0) is 19.1 Å². The molecule has 0 unspecified atom stereocenters. The van der Waals surface area contributed by atoms with E-state index in [4.69, 9.17) is 9.84 Å². The Balaban J connectivity index is 2.60. The number of hydrogen-bond acceptors (Lipinski definition) is 5. The molecule has 1 aromatic heterocycles. The van der Waals surface area contributed by atoms with Crippen molar-refractivity contribution in [2.75, 3.05) is 23.7 Å². The van der Waals surface area contributed by atoms with Crippen molar-refractivity contribution in [3.8, 4) is 0 Å². The fourth-order valence-electron chi connectivity index (χ4n) is 1.02. The molecule has 0 atom stereocenters. The maximum absolute atomic E-state index is 11.5. The molecule has 0 aromatic carbocycles. The van der Waals surface area contributed by atoms with E-state index in [1.54, 1.807) is 6.92 Å². The van der Waals surface area contributed by atoms with Crippen LogP contribution in [0.3, 0.4) is 0 Å². The van der Waals surface area contributed by atoms with Crippen molar-refractivity contribution >= 4 is 32.3 Å². The predicted octanol–water partition coefficient (Wildman–Crippen LogP) is 1.22. The summed E-state index contributed by atoms with van der Waals surface area (Å²) in [7, 11) is -3.48. The molecule has 0 bridgehead atoms. The van der Waals surface area contributed by atoms with Gasteiger partial charge in [-0.1, -0.05) is 0 Å². The second kappa shape index (κ2) is 5.99. The molecule has 0 aliphatic rings. The largest absolute Gasteiger partial charge is 0.477 e. The quantitative estimate of drug-likeness (QED) is 0.732. The number of sulfonamides is 1. The second-order valence-electron chi connectivity index (χ2n) is 3.09. The minimum atomic E-state index is -3.48. The Kier molecular flexibility index (Phi) is 4.91. The number of nitrogens with one attached hydrogen (secondary N) is 1. The van der Waals surface area contributed by atoms with Gasteiger partial charge < -0.3 is 9.84 Å². The van der Waals surface area contributed by atoms with Crippen LogP contribution in [0.4, 0.5) is 5.00 Å². The van der Waals surface area contributed by atoms with Crippen molar-refractivity contribution in [1.29, 1.82) is 0 Å². The summed E-state index contributed by atoms with van der Waals surface area (Å²) in [6.07, 6.45) is 0. The van der Waals surface area contributed by atoms with Crippen LogP contribution < -0.4 is 4.72 Å². The highest BCUT2D eigenvalue weighted by Gasteiger charge is 2.13. The highest BCUT2D eigenvalue weighted by Crippen LogP contribution is 2.22. The van der Waals surface area contributed by atoms with Gasteiger partial charge in [-0.2, -0.15) is 0 Å². The fraction of sp³-hybridized carbons (Fsp3) is 0.444. The van der Waals surface area contributed by atoms with Crippen LogP contribution in [0, 0.1) is 0 Å². The van der Waals surface area contributed by atoms with Crippen LogP contribution in [0.1, 0.15) is 16.6 Å². The standard InChI is InChI=1S/C9H13NO5S2/c1-2-15-5-6-17(13,14)10-8-4-3-7(16-8)9(11)12/h3-4,10H,2,5-6H2,1H3,(H,11,12). The van der Waals surface area contributed by atoms with Gasteiger partial charge in [0.15, 0.2) is 0 Å². The third-order valence-electron chi connectivity index (χ3n) is 1.77. The molecule has 0 radical (unpaired) electrons. The van der Waals surface area contributed by atoms with Gasteiger partial charge in [-0.3, -0.25) is 4.72 Å². The number of carboxylic acid groups (broad SMARTS) is 1. The Hall–Kier alpha value is -1.12. The van der Waals surface area contributed by atoms with E-state index in [0.29, 0.717) is 11.6 Å². The number of thiophene rings is 1. The van der Waals surface area contributed by atoms with Crippen molar-refractivity contribution in [3.63, 3.8) is 0 Å². The van der Waals surface area contributed by atoms with E-state index in [1.807, 2.05) is 0 Å². The fourth-order valence-corrected chi connectivity index (χ4v) is 2.98. The summed E-state index contributed by atoms with van der Waals surface area (Å²) in [5.74, 6) is -1.23. The van der Waals surface area contributed by atoms with Crippen molar-refractivity contribution in [2.24, 2.45) is 0 Å². The Bertz CT molecular complexity index is 479. The number of rotatable bonds is 7. The van der Waals surface area contributed by atoms with Crippen LogP contribution >= 0.6 is 11.3 Å². The zero-order chi connectivity index (χ0) is 12.9. The van der Waals surface area contributed by atoms with Crippen molar-refractivity contribution in [2.45, 2.75) is 6.92 Å². The van der Waals surface area contributed by atoms with Gasteiger partial charge in [-0.25, -0.2) is 13.2 Å². The lowest BCUT2D eigenvalue weighted by Crippen LogP contribution is -2.19. The number of carboxylic acids is 1. The predicted molar refractivity (Wildman–Crippen MR) is 65.2 cm³/mol. The van der Waals surface area contributed by atoms with E-state index in [1.165, 1.54) is 12.1 Å².